The Morgan fingerprint density at radius 3 is 2.53 bits per heavy atom. The van der Waals surface area contributed by atoms with Gasteiger partial charge in [-0.1, -0.05) is 13.3 Å². The van der Waals surface area contributed by atoms with Crippen molar-refractivity contribution in [3.8, 4) is 0 Å². The second-order valence-corrected chi connectivity index (χ2v) is 5.02. The molecule has 0 radical (unpaired) electrons. The van der Waals surface area contributed by atoms with E-state index < -0.39 is 0 Å². The van der Waals surface area contributed by atoms with Crippen molar-refractivity contribution in [1.82, 2.24) is 9.80 Å². The second-order valence-electron chi connectivity index (χ2n) is 5.02. The van der Waals surface area contributed by atoms with Crippen molar-refractivity contribution in [1.29, 1.82) is 0 Å². The summed E-state index contributed by atoms with van der Waals surface area (Å²) in [4.78, 5) is 4.88. The standard InChI is InChI=1S/C12H27N3/c1-4-5-11(13)10-15(3)12-6-8-14(2)9-7-12/h11-12H,4-10,13H2,1-3H3. The van der Waals surface area contributed by atoms with Crippen LogP contribution in [0.15, 0.2) is 0 Å². The van der Waals surface area contributed by atoms with Crippen molar-refractivity contribution >= 4 is 0 Å². The van der Waals surface area contributed by atoms with Gasteiger partial charge in [0, 0.05) is 18.6 Å². The topological polar surface area (TPSA) is 32.5 Å². The normalized spacial score (nSPS) is 22.2. The third kappa shape index (κ3) is 4.49. The average Bonchev–Trinajstić information content (AvgIpc) is 2.18. The van der Waals surface area contributed by atoms with E-state index in [9.17, 15) is 0 Å². The lowest BCUT2D eigenvalue weighted by molar-refractivity contribution is 0.138. The Morgan fingerprint density at radius 1 is 1.40 bits per heavy atom. The van der Waals surface area contributed by atoms with Gasteiger partial charge in [0.15, 0.2) is 0 Å². The predicted octanol–water partition coefficient (Wildman–Crippen LogP) is 1.14. The molecule has 1 rings (SSSR count). The number of nitrogens with zero attached hydrogens (tertiary/aromatic N) is 2. The average molecular weight is 213 g/mol. The third-order valence-corrected chi connectivity index (χ3v) is 3.49. The molecule has 3 heteroatoms. The van der Waals surface area contributed by atoms with Crippen LogP contribution in [0.4, 0.5) is 0 Å². The summed E-state index contributed by atoms with van der Waals surface area (Å²) in [6.07, 6.45) is 4.94. The Balaban J connectivity index is 2.24. The molecule has 1 aliphatic heterocycles. The smallest absolute Gasteiger partial charge is 0.0167 e. The zero-order valence-corrected chi connectivity index (χ0v) is 10.6. The molecule has 1 aliphatic rings. The van der Waals surface area contributed by atoms with Gasteiger partial charge < -0.3 is 15.5 Å². The van der Waals surface area contributed by atoms with Gasteiger partial charge in [-0.3, -0.25) is 0 Å². The maximum absolute atomic E-state index is 6.07. The molecule has 15 heavy (non-hydrogen) atoms. The van der Waals surface area contributed by atoms with Crippen molar-refractivity contribution in [2.24, 2.45) is 5.73 Å². The Kier molecular flexibility index (Phi) is 5.58. The molecule has 90 valence electrons. The maximum Gasteiger partial charge on any atom is 0.0167 e. The summed E-state index contributed by atoms with van der Waals surface area (Å²) in [5, 5.41) is 0. The van der Waals surface area contributed by atoms with Gasteiger partial charge in [0.1, 0.15) is 0 Å². The first-order chi connectivity index (χ1) is 7.13. The quantitative estimate of drug-likeness (QED) is 0.743. The predicted molar refractivity (Wildman–Crippen MR) is 66.0 cm³/mol. The van der Waals surface area contributed by atoms with E-state index in [1.54, 1.807) is 0 Å². The molecule has 1 fully saturated rings. The lowest BCUT2D eigenvalue weighted by Gasteiger charge is -2.36. The minimum atomic E-state index is 0.361. The first kappa shape index (κ1) is 12.9. The molecule has 0 aromatic rings. The minimum absolute atomic E-state index is 0.361. The maximum atomic E-state index is 6.07. The number of nitrogens with two attached hydrogens (primary N) is 1. The molecule has 3 nitrogen and oxygen atoms in total. The number of hydrogen-bond acceptors (Lipinski definition) is 3. The van der Waals surface area contributed by atoms with Crippen LogP contribution in [0.3, 0.4) is 0 Å². The van der Waals surface area contributed by atoms with Crippen LogP contribution in [0.2, 0.25) is 0 Å². The molecule has 0 aromatic heterocycles. The van der Waals surface area contributed by atoms with E-state index >= 15 is 0 Å². The molecule has 0 spiro atoms. The number of rotatable bonds is 5. The van der Waals surface area contributed by atoms with Crippen molar-refractivity contribution in [2.75, 3.05) is 33.7 Å². The third-order valence-electron chi connectivity index (χ3n) is 3.49. The van der Waals surface area contributed by atoms with Gasteiger partial charge >= 0.3 is 0 Å². The van der Waals surface area contributed by atoms with Crippen LogP contribution >= 0.6 is 0 Å². The molecule has 0 aliphatic carbocycles. The molecule has 1 heterocycles. The van der Waals surface area contributed by atoms with Crippen LogP contribution in [-0.4, -0.2) is 55.6 Å². The summed E-state index contributed by atoms with van der Waals surface area (Å²) < 4.78 is 0. The molecule has 1 unspecified atom stereocenters. The fourth-order valence-corrected chi connectivity index (χ4v) is 2.42. The van der Waals surface area contributed by atoms with Gasteiger partial charge in [-0.2, -0.15) is 0 Å². The van der Waals surface area contributed by atoms with Gasteiger partial charge in [-0.25, -0.2) is 0 Å². The minimum Gasteiger partial charge on any atom is -0.327 e. The van der Waals surface area contributed by atoms with Crippen LogP contribution in [0.25, 0.3) is 0 Å². The molecule has 1 atom stereocenters. The van der Waals surface area contributed by atoms with Crippen LogP contribution < -0.4 is 5.73 Å². The van der Waals surface area contributed by atoms with Gasteiger partial charge in [0.25, 0.3) is 0 Å². The molecular formula is C12H27N3. The second kappa shape index (κ2) is 6.46. The van der Waals surface area contributed by atoms with Crippen LogP contribution in [0.5, 0.6) is 0 Å². The molecule has 0 aromatic carbocycles. The number of likely N-dealkylation sites (N-methyl/N-ethyl adjacent to an activating group) is 1. The van der Waals surface area contributed by atoms with Crippen molar-refractivity contribution in [3.63, 3.8) is 0 Å². The highest BCUT2D eigenvalue weighted by molar-refractivity contribution is 4.78. The molecule has 2 N–H and O–H groups in total. The Bertz CT molecular complexity index is 164. The largest absolute Gasteiger partial charge is 0.327 e. The Morgan fingerprint density at radius 2 is 2.00 bits per heavy atom. The van der Waals surface area contributed by atoms with E-state index in [4.69, 9.17) is 5.73 Å². The van der Waals surface area contributed by atoms with E-state index in [0.717, 1.165) is 19.0 Å². The Hall–Kier alpha value is -0.120. The fraction of sp³-hybridized carbons (Fsp3) is 1.00. The summed E-state index contributed by atoms with van der Waals surface area (Å²) in [5.74, 6) is 0. The van der Waals surface area contributed by atoms with Crippen LogP contribution in [-0.2, 0) is 0 Å². The van der Waals surface area contributed by atoms with Gasteiger partial charge in [0.05, 0.1) is 0 Å². The van der Waals surface area contributed by atoms with Crippen molar-refractivity contribution in [3.05, 3.63) is 0 Å². The monoisotopic (exact) mass is 213 g/mol. The van der Waals surface area contributed by atoms with Crippen molar-refractivity contribution < 1.29 is 0 Å². The van der Waals surface area contributed by atoms with E-state index in [-0.39, 0.29) is 0 Å². The molecule has 0 amide bonds. The number of likely N-dealkylation sites (tertiary alicyclic amines) is 1. The SMILES string of the molecule is CCCC(N)CN(C)C1CCN(C)CC1. The van der Waals surface area contributed by atoms with E-state index in [1.165, 1.54) is 32.4 Å². The van der Waals surface area contributed by atoms with E-state index in [1.807, 2.05) is 0 Å². The van der Waals surface area contributed by atoms with Crippen LogP contribution in [0.1, 0.15) is 32.6 Å². The summed E-state index contributed by atoms with van der Waals surface area (Å²) >= 11 is 0. The molecule has 1 saturated heterocycles. The number of piperidine rings is 1. The first-order valence-corrected chi connectivity index (χ1v) is 6.27. The molecule has 0 bridgehead atoms. The first-order valence-electron chi connectivity index (χ1n) is 6.27. The highest BCUT2D eigenvalue weighted by Crippen LogP contribution is 2.14. The lowest BCUT2D eigenvalue weighted by atomic mass is 10.0. The van der Waals surface area contributed by atoms with Crippen molar-refractivity contribution in [2.45, 2.75) is 44.7 Å². The van der Waals surface area contributed by atoms with Gasteiger partial charge in [-0.05, 0) is 46.4 Å². The zero-order chi connectivity index (χ0) is 11.3. The summed E-state index contributed by atoms with van der Waals surface area (Å²) in [6.45, 7) is 5.73. The highest BCUT2D eigenvalue weighted by Gasteiger charge is 2.21. The van der Waals surface area contributed by atoms with Crippen LogP contribution in [0, 0.1) is 0 Å². The van der Waals surface area contributed by atoms with E-state index in [2.05, 4.69) is 30.8 Å². The summed E-state index contributed by atoms with van der Waals surface area (Å²) in [7, 11) is 4.44. The van der Waals surface area contributed by atoms with Gasteiger partial charge in [0.2, 0.25) is 0 Å². The Labute approximate surface area is 94.6 Å². The lowest BCUT2D eigenvalue weighted by Crippen LogP contribution is -2.46. The summed E-state index contributed by atoms with van der Waals surface area (Å²) in [6, 6.07) is 1.11. The zero-order valence-electron chi connectivity index (χ0n) is 10.6. The highest BCUT2D eigenvalue weighted by atomic mass is 15.2. The number of hydrogen-bond donors (Lipinski definition) is 1. The van der Waals surface area contributed by atoms with Gasteiger partial charge in [-0.15, -0.1) is 0 Å². The fourth-order valence-electron chi connectivity index (χ4n) is 2.42. The molecule has 0 saturated carbocycles. The summed E-state index contributed by atoms with van der Waals surface area (Å²) in [5.41, 5.74) is 6.07. The molecular weight excluding hydrogens is 186 g/mol. The van der Waals surface area contributed by atoms with E-state index in [0.29, 0.717) is 6.04 Å².